The number of piperidine rings is 2. The fourth-order valence-corrected chi connectivity index (χ4v) is 8.14. The Morgan fingerprint density at radius 1 is 0.596 bits per heavy atom. The summed E-state index contributed by atoms with van der Waals surface area (Å²) in [5.74, 6) is 0.464. The Kier molecular flexibility index (Phi) is 11.6. The van der Waals surface area contributed by atoms with Crippen molar-refractivity contribution < 1.29 is 44.9 Å². The fourth-order valence-electron chi connectivity index (χ4n) is 8.14. The van der Waals surface area contributed by atoms with Gasteiger partial charge in [0.25, 0.3) is 0 Å². The predicted octanol–water partition coefficient (Wildman–Crippen LogP) is 5.36. The molecular formula is C41H48N2O9. The molecule has 0 aliphatic carbocycles. The third-order valence-electron chi connectivity index (χ3n) is 10.8. The lowest BCUT2D eigenvalue weighted by Crippen LogP contribution is -2.58. The Hall–Kier alpha value is -4.81. The number of ether oxygens (including phenoxy) is 2. The van der Waals surface area contributed by atoms with E-state index in [4.69, 9.17) is 9.47 Å². The number of aliphatic hydroxyl groups excluding tert-OH is 2. The molecule has 0 spiro atoms. The Morgan fingerprint density at radius 3 is 1.31 bits per heavy atom. The second kappa shape index (κ2) is 16.2. The molecule has 0 bridgehead atoms. The van der Waals surface area contributed by atoms with Crippen molar-refractivity contribution in [1.29, 1.82) is 0 Å². The van der Waals surface area contributed by atoms with E-state index in [2.05, 4.69) is 0 Å². The van der Waals surface area contributed by atoms with Crippen LogP contribution >= 0.6 is 0 Å². The number of hydrogen-bond acceptors (Lipinski definition) is 11. The number of para-hydroxylation sites is 2. The van der Waals surface area contributed by atoms with E-state index in [1.807, 2.05) is 9.80 Å². The molecule has 0 saturated carbocycles. The van der Waals surface area contributed by atoms with Crippen molar-refractivity contribution in [3.05, 3.63) is 107 Å². The third-order valence-corrected chi connectivity index (χ3v) is 10.8. The maximum absolute atomic E-state index is 15.3. The van der Waals surface area contributed by atoms with E-state index in [-0.39, 0.29) is 40.6 Å². The lowest BCUT2D eigenvalue weighted by Gasteiger charge is -2.44. The van der Waals surface area contributed by atoms with E-state index in [1.165, 1.54) is 26.4 Å². The van der Waals surface area contributed by atoms with Crippen molar-refractivity contribution in [2.75, 3.05) is 40.4 Å². The number of carbonyl (C=O) groups is 1. The van der Waals surface area contributed by atoms with Crippen LogP contribution in [0.1, 0.15) is 72.0 Å². The first-order valence-corrected chi connectivity index (χ1v) is 17.8. The first-order valence-electron chi connectivity index (χ1n) is 17.8. The minimum Gasteiger partial charge on any atom is -0.508 e. The lowest BCUT2D eigenvalue weighted by molar-refractivity contribution is -0.140. The highest BCUT2D eigenvalue weighted by molar-refractivity contribution is 5.91. The summed E-state index contributed by atoms with van der Waals surface area (Å²) in [5, 5.41) is 65.3. The molecule has 6 rings (SSSR count). The van der Waals surface area contributed by atoms with Gasteiger partial charge in [-0.1, -0.05) is 48.5 Å². The molecule has 0 amide bonds. The molecule has 2 aliphatic heterocycles. The molecule has 11 nitrogen and oxygen atoms in total. The van der Waals surface area contributed by atoms with E-state index in [0.717, 1.165) is 11.1 Å². The quantitative estimate of drug-likeness (QED) is 0.112. The van der Waals surface area contributed by atoms with Gasteiger partial charge in [-0.15, -0.1) is 0 Å². The van der Waals surface area contributed by atoms with Crippen LogP contribution in [-0.4, -0.2) is 98.7 Å². The lowest BCUT2D eigenvalue weighted by atomic mass is 9.83. The Labute approximate surface area is 303 Å². The number of ketones is 1. The number of phenols is 4. The van der Waals surface area contributed by atoms with Gasteiger partial charge in [0.15, 0.2) is 5.78 Å². The van der Waals surface area contributed by atoms with Gasteiger partial charge in [0.2, 0.25) is 0 Å². The second-order valence-corrected chi connectivity index (χ2v) is 13.8. The number of rotatable bonds is 12. The van der Waals surface area contributed by atoms with E-state index >= 15 is 4.79 Å². The van der Waals surface area contributed by atoms with Gasteiger partial charge in [0.1, 0.15) is 58.8 Å². The molecule has 2 heterocycles. The Morgan fingerprint density at radius 2 is 0.962 bits per heavy atom. The molecular weight excluding hydrogens is 664 g/mol. The zero-order chi connectivity index (χ0) is 36.9. The number of aliphatic hydroxyl groups is 2. The largest absolute Gasteiger partial charge is 0.508 e. The monoisotopic (exact) mass is 712 g/mol. The summed E-state index contributed by atoms with van der Waals surface area (Å²) < 4.78 is 11.3. The van der Waals surface area contributed by atoms with Gasteiger partial charge in [-0.2, -0.15) is 0 Å². The number of aromatic hydroxyl groups is 4. The van der Waals surface area contributed by atoms with Crippen molar-refractivity contribution in [1.82, 2.24) is 9.80 Å². The molecule has 4 aromatic rings. The second-order valence-electron chi connectivity index (χ2n) is 13.8. The van der Waals surface area contributed by atoms with Crippen LogP contribution in [0, 0.1) is 0 Å². The average molecular weight is 713 g/mol. The van der Waals surface area contributed by atoms with Gasteiger partial charge in [0.05, 0.1) is 14.2 Å². The molecule has 2 unspecified atom stereocenters. The molecule has 2 saturated heterocycles. The highest BCUT2D eigenvalue weighted by Gasteiger charge is 2.46. The van der Waals surface area contributed by atoms with Crippen LogP contribution in [0.4, 0.5) is 0 Å². The number of phenolic OH excluding ortho intramolecular Hbond substituents is 4. The van der Waals surface area contributed by atoms with Crippen LogP contribution in [0.5, 0.6) is 34.5 Å². The molecule has 2 aliphatic rings. The number of hydrogen-bond donors (Lipinski definition) is 6. The molecule has 276 valence electrons. The van der Waals surface area contributed by atoms with Crippen molar-refractivity contribution in [3.8, 4) is 34.5 Å². The normalized spacial score (nSPS) is 18.7. The number of likely N-dealkylation sites (tertiary alicyclic amines) is 2. The first kappa shape index (κ1) is 37.0. The summed E-state index contributed by atoms with van der Waals surface area (Å²) in [6.07, 6.45) is -0.268. The Bertz CT molecular complexity index is 1700. The first-order chi connectivity index (χ1) is 25.1. The number of benzene rings is 4. The van der Waals surface area contributed by atoms with Crippen molar-refractivity contribution >= 4 is 5.78 Å². The van der Waals surface area contributed by atoms with Gasteiger partial charge >= 0.3 is 0 Å². The molecule has 11 heteroatoms. The minimum absolute atomic E-state index is 0.0177. The summed E-state index contributed by atoms with van der Waals surface area (Å²) in [4.78, 5) is 19.3. The standard InChI is InChI=1S/C41H48N2O9/c1-51-35-9-5-3-7-31(35)39(48)37(42-19-15-25(16-20-42)29-13-11-27(44)23-33(29)46)41(50)38(40(49)32-8-4-6-10-36(32)52-2)43-21-17-26(18-22-43)30-14-12-28(45)24-34(30)47/h3-14,23-26,37-40,44-49H,15-22H2,1-2H3/t37?,38?,39-,40-/m1/s1. The topological polar surface area (TPSA) is 163 Å². The molecule has 0 radical (unpaired) electrons. The zero-order valence-electron chi connectivity index (χ0n) is 29.5. The highest BCUT2D eigenvalue weighted by atomic mass is 16.5. The summed E-state index contributed by atoms with van der Waals surface area (Å²) in [7, 11) is 3.03. The number of methoxy groups -OCH3 is 2. The van der Waals surface area contributed by atoms with Gasteiger partial charge in [-0.05, 0) is 99.1 Å². The van der Waals surface area contributed by atoms with Crippen molar-refractivity contribution in [2.45, 2.75) is 61.8 Å². The maximum Gasteiger partial charge on any atom is 0.173 e. The maximum atomic E-state index is 15.3. The molecule has 4 atom stereocenters. The molecule has 0 aromatic heterocycles. The smallest absolute Gasteiger partial charge is 0.173 e. The fraction of sp³-hybridized carbons (Fsp3) is 0.390. The zero-order valence-corrected chi connectivity index (χ0v) is 29.5. The number of Topliss-reactive ketones (excluding diaryl/α,β-unsaturated/α-hetero) is 1. The molecule has 2 fully saturated rings. The third kappa shape index (κ3) is 7.68. The molecule has 52 heavy (non-hydrogen) atoms. The Balaban J connectivity index is 1.35. The van der Waals surface area contributed by atoms with Crippen molar-refractivity contribution in [3.63, 3.8) is 0 Å². The molecule has 4 aromatic carbocycles. The van der Waals surface area contributed by atoms with E-state index in [1.54, 1.807) is 72.8 Å². The van der Waals surface area contributed by atoms with Gasteiger partial charge in [-0.3, -0.25) is 14.6 Å². The van der Waals surface area contributed by atoms with Crippen molar-refractivity contribution in [2.24, 2.45) is 0 Å². The molecule has 6 N–H and O–H groups in total. The van der Waals surface area contributed by atoms with Crippen LogP contribution in [0.15, 0.2) is 84.9 Å². The van der Waals surface area contributed by atoms with E-state index in [9.17, 15) is 30.6 Å². The van der Waals surface area contributed by atoms with E-state index < -0.39 is 24.3 Å². The van der Waals surface area contributed by atoms with Crippen LogP contribution in [0.3, 0.4) is 0 Å². The van der Waals surface area contributed by atoms with Crippen LogP contribution < -0.4 is 9.47 Å². The highest BCUT2D eigenvalue weighted by Crippen LogP contribution is 2.42. The van der Waals surface area contributed by atoms with Crippen LogP contribution in [0.2, 0.25) is 0 Å². The summed E-state index contributed by atoms with van der Waals surface area (Å²) in [6, 6.07) is 21.2. The summed E-state index contributed by atoms with van der Waals surface area (Å²) in [6.45, 7) is 1.70. The van der Waals surface area contributed by atoms with Gasteiger partial charge in [0, 0.05) is 23.3 Å². The predicted molar refractivity (Wildman–Crippen MR) is 195 cm³/mol. The minimum atomic E-state index is -1.30. The summed E-state index contributed by atoms with van der Waals surface area (Å²) in [5.41, 5.74) is 2.35. The van der Waals surface area contributed by atoms with Crippen LogP contribution in [0.25, 0.3) is 0 Å². The number of carbonyl (C=O) groups excluding carboxylic acids is 1. The van der Waals surface area contributed by atoms with Gasteiger partial charge < -0.3 is 40.1 Å². The SMILES string of the molecule is COc1ccccc1[C@@H](O)C(C(=O)C([C@H](O)c1ccccc1OC)N1CCC(c2ccc(O)cc2O)CC1)N1CCC(c2ccc(O)cc2O)CC1. The summed E-state index contributed by atoms with van der Waals surface area (Å²) >= 11 is 0. The average Bonchev–Trinajstić information content (AvgIpc) is 3.15. The van der Waals surface area contributed by atoms with Crippen LogP contribution in [-0.2, 0) is 4.79 Å². The number of nitrogens with zero attached hydrogens (tertiary/aromatic N) is 2. The van der Waals surface area contributed by atoms with Gasteiger partial charge in [-0.25, -0.2) is 0 Å². The van der Waals surface area contributed by atoms with E-state index in [0.29, 0.717) is 74.5 Å².